The molecule has 0 spiro atoms. The number of fused-ring (bicyclic) bond motifs is 1. The molecule has 110 valence electrons. The van der Waals surface area contributed by atoms with Gasteiger partial charge in [-0.15, -0.1) is 0 Å². The van der Waals surface area contributed by atoms with Crippen molar-refractivity contribution < 1.29 is 0 Å². The van der Waals surface area contributed by atoms with Gasteiger partial charge in [0, 0.05) is 0 Å². The van der Waals surface area contributed by atoms with Gasteiger partial charge in [-0.1, -0.05) is 46.5 Å². The van der Waals surface area contributed by atoms with Gasteiger partial charge in [-0.2, -0.15) is 0 Å². The molecule has 3 aliphatic carbocycles. The normalized spacial score (nSPS) is 47.4. The molecule has 0 saturated heterocycles. The van der Waals surface area contributed by atoms with E-state index in [1.165, 1.54) is 25.7 Å². The average Bonchev–Trinajstić information content (AvgIpc) is 2.83. The predicted octanol–water partition coefficient (Wildman–Crippen LogP) is 6.06. The summed E-state index contributed by atoms with van der Waals surface area (Å²) in [5.74, 6) is 5.13. The first-order valence-corrected chi connectivity index (χ1v) is 9.13. The van der Waals surface area contributed by atoms with E-state index in [4.69, 9.17) is 0 Å². The highest BCUT2D eigenvalue weighted by Gasteiger charge is 2.52. The molecule has 19 heavy (non-hydrogen) atoms. The summed E-state index contributed by atoms with van der Waals surface area (Å²) in [6.07, 6.45) is 15.5. The van der Waals surface area contributed by atoms with Gasteiger partial charge in [-0.3, -0.25) is 0 Å². The lowest BCUT2D eigenvalue weighted by atomic mass is 9.52. The molecule has 0 nitrogen and oxygen atoms in total. The van der Waals surface area contributed by atoms with Crippen LogP contribution in [-0.2, 0) is 0 Å². The van der Waals surface area contributed by atoms with Gasteiger partial charge in [0.05, 0.1) is 0 Å². The van der Waals surface area contributed by atoms with Crippen molar-refractivity contribution in [2.75, 3.05) is 0 Å². The van der Waals surface area contributed by atoms with Crippen LogP contribution in [0.4, 0.5) is 0 Å². The first-order chi connectivity index (χ1) is 9.13. The van der Waals surface area contributed by atoms with E-state index in [1.54, 1.807) is 38.5 Å². The first kappa shape index (κ1) is 14.0. The second-order valence-corrected chi connectivity index (χ2v) is 8.50. The van der Waals surface area contributed by atoms with E-state index in [2.05, 4.69) is 20.8 Å². The van der Waals surface area contributed by atoms with E-state index < -0.39 is 0 Å². The van der Waals surface area contributed by atoms with Crippen molar-refractivity contribution in [2.45, 2.75) is 85.0 Å². The van der Waals surface area contributed by atoms with Gasteiger partial charge in [-0.25, -0.2) is 0 Å². The van der Waals surface area contributed by atoms with Gasteiger partial charge in [0.15, 0.2) is 0 Å². The molecule has 3 aliphatic rings. The molecule has 0 aromatic carbocycles. The zero-order chi connectivity index (χ0) is 13.5. The van der Waals surface area contributed by atoms with Gasteiger partial charge < -0.3 is 0 Å². The van der Waals surface area contributed by atoms with E-state index >= 15 is 0 Å². The Labute approximate surface area is 120 Å². The number of hydrogen-bond donors (Lipinski definition) is 0. The fourth-order valence-electron chi connectivity index (χ4n) is 6.31. The first-order valence-electron chi connectivity index (χ1n) is 9.13. The Hall–Kier alpha value is 0. The fourth-order valence-corrected chi connectivity index (χ4v) is 6.31. The molecule has 0 heteroatoms. The lowest BCUT2D eigenvalue weighted by molar-refractivity contribution is -0.0319. The van der Waals surface area contributed by atoms with Gasteiger partial charge in [0.25, 0.3) is 0 Å². The van der Waals surface area contributed by atoms with Gasteiger partial charge in [0.2, 0.25) is 0 Å². The largest absolute Gasteiger partial charge is 0.0625 e. The molecular formula is C19H34. The summed E-state index contributed by atoms with van der Waals surface area (Å²) < 4.78 is 0. The third kappa shape index (κ3) is 2.38. The fraction of sp³-hybridized carbons (Fsp3) is 1.00. The molecule has 0 aromatic rings. The Kier molecular flexibility index (Phi) is 3.98. The van der Waals surface area contributed by atoms with Crippen molar-refractivity contribution in [1.29, 1.82) is 0 Å². The van der Waals surface area contributed by atoms with Crippen LogP contribution in [0.15, 0.2) is 0 Å². The van der Waals surface area contributed by atoms with Crippen LogP contribution in [0.25, 0.3) is 0 Å². The number of rotatable bonds is 2. The molecule has 3 rings (SSSR count). The topological polar surface area (TPSA) is 0 Å². The van der Waals surface area contributed by atoms with E-state index in [-0.39, 0.29) is 0 Å². The summed E-state index contributed by atoms with van der Waals surface area (Å²) in [7, 11) is 0. The van der Waals surface area contributed by atoms with Crippen molar-refractivity contribution in [2.24, 2.45) is 35.0 Å². The Morgan fingerprint density at radius 3 is 2.42 bits per heavy atom. The van der Waals surface area contributed by atoms with E-state index in [0.29, 0.717) is 0 Å². The molecule has 5 atom stereocenters. The maximum Gasteiger partial charge on any atom is -0.0238 e. The van der Waals surface area contributed by atoms with Crippen LogP contribution >= 0.6 is 0 Å². The summed E-state index contributed by atoms with van der Waals surface area (Å²) in [4.78, 5) is 0. The molecule has 0 heterocycles. The van der Waals surface area contributed by atoms with Crippen LogP contribution in [0.5, 0.6) is 0 Å². The summed E-state index contributed by atoms with van der Waals surface area (Å²) in [5.41, 5.74) is 0.794. The minimum Gasteiger partial charge on any atom is -0.0625 e. The van der Waals surface area contributed by atoms with Gasteiger partial charge in [-0.05, 0) is 73.5 Å². The SMILES string of the molecule is CC(C)C1CC[C@H](C)C[C@@H]1[C@@]12CCCC[C@@H]1CCC2. The Morgan fingerprint density at radius 2 is 1.63 bits per heavy atom. The van der Waals surface area contributed by atoms with Gasteiger partial charge in [0.1, 0.15) is 0 Å². The molecule has 0 bridgehead atoms. The lowest BCUT2D eigenvalue weighted by Crippen LogP contribution is -2.44. The molecule has 3 saturated carbocycles. The molecule has 0 N–H and O–H groups in total. The molecule has 0 amide bonds. The van der Waals surface area contributed by atoms with Crippen LogP contribution in [0.1, 0.15) is 85.0 Å². The zero-order valence-electron chi connectivity index (χ0n) is 13.5. The third-order valence-corrected chi connectivity index (χ3v) is 7.21. The molecule has 0 radical (unpaired) electrons. The molecule has 3 fully saturated rings. The summed E-state index contributed by atoms with van der Waals surface area (Å²) in [5, 5.41) is 0. The Bertz CT molecular complexity index is 305. The van der Waals surface area contributed by atoms with Crippen molar-refractivity contribution >= 4 is 0 Å². The quantitative estimate of drug-likeness (QED) is 0.568. The van der Waals surface area contributed by atoms with E-state index in [1.807, 2.05) is 0 Å². The highest BCUT2D eigenvalue weighted by atomic mass is 14.6. The van der Waals surface area contributed by atoms with Crippen molar-refractivity contribution in [1.82, 2.24) is 0 Å². The van der Waals surface area contributed by atoms with Crippen molar-refractivity contribution in [3.63, 3.8) is 0 Å². The van der Waals surface area contributed by atoms with Crippen LogP contribution in [0, 0.1) is 35.0 Å². The van der Waals surface area contributed by atoms with E-state index in [0.717, 1.165) is 35.0 Å². The highest BCUT2D eigenvalue weighted by molar-refractivity contribution is 5.02. The average molecular weight is 262 g/mol. The third-order valence-electron chi connectivity index (χ3n) is 7.21. The second kappa shape index (κ2) is 5.41. The molecule has 0 aromatic heterocycles. The summed E-state index contributed by atoms with van der Waals surface area (Å²) >= 11 is 0. The Morgan fingerprint density at radius 1 is 0.895 bits per heavy atom. The van der Waals surface area contributed by atoms with Gasteiger partial charge >= 0.3 is 0 Å². The van der Waals surface area contributed by atoms with Crippen LogP contribution in [-0.4, -0.2) is 0 Å². The molecule has 1 unspecified atom stereocenters. The summed E-state index contributed by atoms with van der Waals surface area (Å²) in [6.45, 7) is 7.52. The van der Waals surface area contributed by atoms with Crippen LogP contribution < -0.4 is 0 Å². The second-order valence-electron chi connectivity index (χ2n) is 8.50. The van der Waals surface area contributed by atoms with E-state index in [9.17, 15) is 0 Å². The predicted molar refractivity (Wildman–Crippen MR) is 83.1 cm³/mol. The summed E-state index contributed by atoms with van der Waals surface area (Å²) in [6, 6.07) is 0. The zero-order valence-corrected chi connectivity index (χ0v) is 13.5. The van der Waals surface area contributed by atoms with Crippen molar-refractivity contribution in [3.05, 3.63) is 0 Å². The van der Waals surface area contributed by atoms with Crippen molar-refractivity contribution in [3.8, 4) is 0 Å². The highest BCUT2D eigenvalue weighted by Crippen LogP contribution is 2.62. The molecular weight excluding hydrogens is 228 g/mol. The maximum absolute atomic E-state index is 2.52. The smallest absolute Gasteiger partial charge is 0.0238 e. The minimum atomic E-state index is 0.794. The maximum atomic E-state index is 2.52. The molecule has 0 aliphatic heterocycles. The Balaban J connectivity index is 1.87. The standard InChI is InChI=1S/C19H34/c1-14(2)17-10-9-15(3)13-18(17)19-11-5-4-7-16(19)8-6-12-19/h14-18H,4-13H2,1-3H3/t15-,16+,17?,18-,19+/m0/s1. The lowest BCUT2D eigenvalue weighted by Gasteiger charge is -2.53. The monoisotopic (exact) mass is 262 g/mol. The minimum absolute atomic E-state index is 0.794. The van der Waals surface area contributed by atoms with Crippen LogP contribution in [0.2, 0.25) is 0 Å². The van der Waals surface area contributed by atoms with Crippen LogP contribution in [0.3, 0.4) is 0 Å². The number of hydrogen-bond acceptors (Lipinski definition) is 0.